The van der Waals surface area contributed by atoms with Crippen LogP contribution in [0.3, 0.4) is 0 Å². The van der Waals surface area contributed by atoms with Gasteiger partial charge in [-0.2, -0.15) is 0 Å². The van der Waals surface area contributed by atoms with Gasteiger partial charge >= 0.3 is 6.03 Å². The normalized spacial score (nSPS) is 15.4. The van der Waals surface area contributed by atoms with E-state index < -0.39 is 0 Å². The lowest BCUT2D eigenvalue weighted by atomic mass is 10.0. The van der Waals surface area contributed by atoms with Gasteiger partial charge in [0.05, 0.1) is 15.4 Å². The topological polar surface area (TPSA) is 74.2 Å². The number of hydrogen-bond acceptors (Lipinski definition) is 6. The minimum atomic E-state index is -0.134. The van der Waals surface area contributed by atoms with Gasteiger partial charge in [-0.15, -0.1) is 11.3 Å². The van der Waals surface area contributed by atoms with Crippen molar-refractivity contribution in [2.24, 2.45) is 0 Å². The molecule has 3 aromatic rings. The fraction of sp³-hybridized carbons (Fsp3) is 0.400. The van der Waals surface area contributed by atoms with Crippen LogP contribution in [-0.4, -0.2) is 64.0 Å². The molecule has 0 atom stereocenters. The first-order valence-corrected chi connectivity index (χ1v) is 10.2. The van der Waals surface area contributed by atoms with Gasteiger partial charge < -0.3 is 9.80 Å². The first-order chi connectivity index (χ1) is 13.5. The van der Waals surface area contributed by atoms with Gasteiger partial charge in [-0.05, 0) is 45.5 Å². The number of likely N-dealkylation sites (tertiary alicyclic amines) is 1. The Hall–Kier alpha value is -2.58. The maximum atomic E-state index is 12.6. The Bertz CT molecular complexity index is 993. The number of aryl methyl sites for hydroxylation is 1. The Morgan fingerprint density at radius 2 is 2.00 bits per heavy atom. The van der Waals surface area contributed by atoms with Crippen molar-refractivity contribution in [2.75, 3.05) is 32.5 Å². The summed E-state index contributed by atoms with van der Waals surface area (Å²) in [5, 5.41) is 4.82. The van der Waals surface area contributed by atoms with E-state index in [1.807, 2.05) is 36.2 Å². The van der Waals surface area contributed by atoms with E-state index in [9.17, 15) is 4.79 Å². The van der Waals surface area contributed by atoms with Gasteiger partial charge in [0.15, 0.2) is 0 Å². The lowest BCUT2D eigenvalue weighted by molar-refractivity contribution is 0.156. The number of thiazole rings is 1. The lowest BCUT2D eigenvalue weighted by Gasteiger charge is -2.34. The van der Waals surface area contributed by atoms with Crippen molar-refractivity contribution in [3.8, 4) is 10.4 Å². The highest BCUT2D eigenvalue weighted by Crippen LogP contribution is 2.28. The van der Waals surface area contributed by atoms with Crippen molar-refractivity contribution < 1.29 is 4.79 Å². The fourth-order valence-electron chi connectivity index (χ4n) is 3.49. The molecule has 3 heterocycles. The van der Waals surface area contributed by atoms with Crippen LogP contribution >= 0.6 is 11.3 Å². The zero-order valence-electron chi connectivity index (χ0n) is 16.3. The quantitative estimate of drug-likeness (QED) is 0.732. The molecule has 0 radical (unpaired) electrons. The summed E-state index contributed by atoms with van der Waals surface area (Å²) in [5.41, 5.74) is 1.88. The van der Waals surface area contributed by atoms with Crippen molar-refractivity contribution in [2.45, 2.75) is 25.8 Å². The molecule has 0 saturated carbocycles. The van der Waals surface area contributed by atoms with Gasteiger partial charge in [-0.25, -0.2) is 19.7 Å². The molecule has 0 aliphatic carbocycles. The first kappa shape index (κ1) is 18.8. The monoisotopic (exact) mass is 396 g/mol. The maximum Gasteiger partial charge on any atom is 0.324 e. The third-order valence-corrected chi connectivity index (χ3v) is 6.15. The van der Waals surface area contributed by atoms with E-state index in [1.165, 1.54) is 0 Å². The molecule has 2 aromatic heterocycles. The van der Waals surface area contributed by atoms with Crippen LogP contribution in [0.15, 0.2) is 30.6 Å². The van der Waals surface area contributed by atoms with Crippen LogP contribution in [0, 0.1) is 6.92 Å². The molecule has 0 unspecified atom stereocenters. The fourth-order valence-corrected chi connectivity index (χ4v) is 4.27. The second kappa shape index (κ2) is 7.81. The minimum Gasteiger partial charge on any atom is -0.324 e. The van der Waals surface area contributed by atoms with E-state index in [0.717, 1.165) is 52.3 Å². The second-order valence-electron chi connectivity index (χ2n) is 7.32. The molecule has 1 saturated heterocycles. The average molecular weight is 397 g/mol. The number of carbonyl (C=O) groups is 1. The number of piperidine rings is 1. The Morgan fingerprint density at radius 3 is 2.68 bits per heavy atom. The largest absolute Gasteiger partial charge is 0.324 e. The number of nitrogens with zero attached hydrogens (tertiary/aromatic N) is 5. The number of amides is 2. The molecule has 8 heteroatoms. The highest BCUT2D eigenvalue weighted by molar-refractivity contribution is 7.15. The zero-order valence-corrected chi connectivity index (χ0v) is 17.2. The standard InChI is InChI=1S/C20H24N6OS/c1-13-21-12-18(28-13)14-4-5-15-11-22-19(23-17(15)10-14)24-20(27)26-8-6-16(7-9-26)25(2)3/h4-5,10-12,16H,6-9H2,1-3H3,(H,22,23,24,27). The summed E-state index contributed by atoms with van der Waals surface area (Å²) in [6.07, 6.45) is 5.59. The summed E-state index contributed by atoms with van der Waals surface area (Å²) < 4.78 is 0. The predicted octanol–water partition coefficient (Wildman–Crippen LogP) is 3.62. The third-order valence-electron chi connectivity index (χ3n) is 5.19. The maximum absolute atomic E-state index is 12.6. The molecule has 1 aromatic carbocycles. The molecule has 7 nitrogen and oxygen atoms in total. The highest BCUT2D eigenvalue weighted by Gasteiger charge is 2.24. The van der Waals surface area contributed by atoms with Crippen LogP contribution < -0.4 is 5.32 Å². The molecule has 0 bridgehead atoms. The van der Waals surface area contributed by atoms with Gasteiger partial charge in [0.25, 0.3) is 0 Å². The predicted molar refractivity (Wildman–Crippen MR) is 113 cm³/mol. The van der Waals surface area contributed by atoms with E-state index in [0.29, 0.717) is 12.0 Å². The number of anilines is 1. The Kier molecular flexibility index (Phi) is 5.23. The number of carbonyl (C=O) groups excluding carboxylic acids is 1. The number of urea groups is 1. The molecule has 1 N–H and O–H groups in total. The molecule has 4 rings (SSSR count). The van der Waals surface area contributed by atoms with E-state index in [2.05, 4.69) is 39.3 Å². The summed E-state index contributed by atoms with van der Waals surface area (Å²) in [6, 6.07) is 6.46. The van der Waals surface area contributed by atoms with Crippen LogP contribution in [0.25, 0.3) is 21.3 Å². The van der Waals surface area contributed by atoms with Gasteiger partial charge in [0, 0.05) is 36.9 Å². The molecule has 146 valence electrons. The van der Waals surface area contributed by atoms with Gasteiger partial charge in [-0.3, -0.25) is 5.32 Å². The molecule has 2 amide bonds. The molecule has 28 heavy (non-hydrogen) atoms. The first-order valence-electron chi connectivity index (χ1n) is 9.41. The van der Waals surface area contributed by atoms with Crippen LogP contribution in [0.4, 0.5) is 10.7 Å². The third kappa shape index (κ3) is 3.98. The van der Waals surface area contributed by atoms with Gasteiger partial charge in [0.2, 0.25) is 5.95 Å². The van der Waals surface area contributed by atoms with Crippen molar-refractivity contribution in [1.82, 2.24) is 24.8 Å². The molecule has 1 aliphatic rings. The Morgan fingerprint density at radius 1 is 1.21 bits per heavy atom. The number of hydrogen-bond donors (Lipinski definition) is 1. The number of rotatable bonds is 3. The van der Waals surface area contributed by atoms with Crippen LogP contribution in [-0.2, 0) is 0 Å². The Balaban J connectivity index is 1.49. The number of aromatic nitrogens is 3. The van der Waals surface area contributed by atoms with Crippen LogP contribution in [0.5, 0.6) is 0 Å². The summed E-state index contributed by atoms with van der Waals surface area (Å²) >= 11 is 1.65. The van der Waals surface area contributed by atoms with Crippen molar-refractivity contribution in [3.63, 3.8) is 0 Å². The molecule has 0 spiro atoms. The van der Waals surface area contributed by atoms with E-state index in [4.69, 9.17) is 0 Å². The van der Waals surface area contributed by atoms with Crippen LogP contribution in [0.2, 0.25) is 0 Å². The molecule has 1 fully saturated rings. The summed E-state index contributed by atoms with van der Waals surface area (Å²) in [5.74, 6) is 0.338. The SMILES string of the molecule is Cc1ncc(-c2ccc3cnc(NC(=O)N4CCC(N(C)C)CC4)nc3c2)s1. The Labute approximate surface area is 168 Å². The number of benzene rings is 1. The summed E-state index contributed by atoms with van der Waals surface area (Å²) in [7, 11) is 4.18. The van der Waals surface area contributed by atoms with Crippen molar-refractivity contribution >= 4 is 34.2 Å². The zero-order chi connectivity index (χ0) is 19.7. The smallest absolute Gasteiger partial charge is 0.324 e. The highest BCUT2D eigenvalue weighted by atomic mass is 32.1. The molecular formula is C20H24N6OS. The van der Waals surface area contributed by atoms with Gasteiger partial charge in [-0.1, -0.05) is 12.1 Å². The van der Waals surface area contributed by atoms with Gasteiger partial charge in [0.1, 0.15) is 0 Å². The van der Waals surface area contributed by atoms with Crippen molar-refractivity contribution in [1.29, 1.82) is 0 Å². The van der Waals surface area contributed by atoms with E-state index >= 15 is 0 Å². The molecular weight excluding hydrogens is 372 g/mol. The summed E-state index contributed by atoms with van der Waals surface area (Å²) in [6.45, 7) is 3.49. The lowest BCUT2D eigenvalue weighted by Crippen LogP contribution is -2.46. The van der Waals surface area contributed by atoms with Crippen LogP contribution in [0.1, 0.15) is 17.8 Å². The van der Waals surface area contributed by atoms with E-state index in [-0.39, 0.29) is 6.03 Å². The molecule has 1 aliphatic heterocycles. The van der Waals surface area contributed by atoms with E-state index in [1.54, 1.807) is 17.5 Å². The van der Waals surface area contributed by atoms with Crippen molar-refractivity contribution in [3.05, 3.63) is 35.6 Å². The average Bonchev–Trinajstić information content (AvgIpc) is 3.14. The number of fused-ring (bicyclic) bond motifs is 1. The second-order valence-corrected chi connectivity index (χ2v) is 8.56. The number of nitrogens with one attached hydrogen (secondary N) is 1. The minimum absolute atomic E-state index is 0.134. The summed E-state index contributed by atoms with van der Waals surface area (Å²) in [4.78, 5) is 30.9.